The molecule has 0 amide bonds. The second-order valence-corrected chi connectivity index (χ2v) is 5.37. The molecule has 0 saturated carbocycles. The van der Waals surface area contributed by atoms with E-state index >= 15 is 0 Å². The minimum Gasteiger partial charge on any atom is -0.489 e. The van der Waals surface area contributed by atoms with Crippen molar-refractivity contribution in [1.29, 1.82) is 0 Å². The molecule has 0 saturated heterocycles. The maximum absolute atomic E-state index is 13.6. The quantitative estimate of drug-likeness (QED) is 0.850. The maximum atomic E-state index is 13.6. The van der Waals surface area contributed by atoms with Crippen LogP contribution in [0.1, 0.15) is 23.6 Å². The van der Waals surface area contributed by atoms with Crippen molar-refractivity contribution < 1.29 is 9.13 Å². The Balaban J connectivity index is 2.07. The Morgan fingerprint density at radius 2 is 2.00 bits per heavy atom. The maximum Gasteiger partial charge on any atom is 0.127 e. The van der Waals surface area contributed by atoms with E-state index in [0.29, 0.717) is 23.9 Å². The summed E-state index contributed by atoms with van der Waals surface area (Å²) in [6.07, 6.45) is 0. The molecule has 2 nitrogen and oxygen atoms in total. The Morgan fingerprint density at radius 1 is 1.19 bits per heavy atom. The predicted molar refractivity (Wildman–Crippen MR) is 84.3 cm³/mol. The molecule has 0 atom stereocenters. The van der Waals surface area contributed by atoms with Gasteiger partial charge >= 0.3 is 0 Å². The molecular weight excluding hydrogens is 289 g/mol. The summed E-state index contributed by atoms with van der Waals surface area (Å²) in [7, 11) is 0. The number of aryl methyl sites for hydroxylation is 1. The van der Waals surface area contributed by atoms with Crippen LogP contribution in [-0.4, -0.2) is 6.54 Å². The normalized spacial score (nSPS) is 10.7. The molecule has 0 spiro atoms. The lowest BCUT2D eigenvalue weighted by atomic mass is 10.1. The molecule has 4 heteroatoms. The van der Waals surface area contributed by atoms with Crippen molar-refractivity contribution >= 4 is 11.6 Å². The van der Waals surface area contributed by atoms with Crippen LogP contribution in [0.5, 0.6) is 5.75 Å². The second-order valence-electron chi connectivity index (χ2n) is 4.96. The van der Waals surface area contributed by atoms with E-state index in [4.69, 9.17) is 16.3 Å². The van der Waals surface area contributed by atoms with Gasteiger partial charge in [0.2, 0.25) is 0 Å². The lowest BCUT2D eigenvalue weighted by Crippen LogP contribution is -2.12. The van der Waals surface area contributed by atoms with E-state index in [9.17, 15) is 4.39 Å². The van der Waals surface area contributed by atoms with Crippen LogP contribution in [0.15, 0.2) is 36.4 Å². The van der Waals surface area contributed by atoms with Crippen molar-refractivity contribution in [1.82, 2.24) is 5.32 Å². The summed E-state index contributed by atoms with van der Waals surface area (Å²) in [5, 5.41) is 3.83. The summed E-state index contributed by atoms with van der Waals surface area (Å²) in [4.78, 5) is 0. The first-order chi connectivity index (χ1) is 10.1. The van der Waals surface area contributed by atoms with Gasteiger partial charge in [0.1, 0.15) is 18.2 Å². The number of nitrogens with one attached hydrogen (secondary N) is 1. The molecule has 0 heterocycles. The van der Waals surface area contributed by atoms with E-state index < -0.39 is 0 Å². The fraction of sp³-hybridized carbons (Fsp3) is 0.294. The highest BCUT2D eigenvalue weighted by molar-refractivity contribution is 6.31. The van der Waals surface area contributed by atoms with Gasteiger partial charge in [-0.2, -0.15) is 0 Å². The van der Waals surface area contributed by atoms with Gasteiger partial charge in [-0.05, 0) is 42.8 Å². The molecule has 1 N–H and O–H groups in total. The monoisotopic (exact) mass is 307 g/mol. The predicted octanol–water partition coefficient (Wildman–Crippen LogP) is 4.48. The highest BCUT2D eigenvalue weighted by atomic mass is 35.5. The van der Waals surface area contributed by atoms with E-state index in [1.165, 1.54) is 12.1 Å². The van der Waals surface area contributed by atoms with Crippen LogP contribution in [0.4, 0.5) is 4.39 Å². The number of hydrogen-bond donors (Lipinski definition) is 1. The number of benzene rings is 2. The summed E-state index contributed by atoms with van der Waals surface area (Å²) in [5.41, 5.74) is 2.85. The lowest BCUT2D eigenvalue weighted by molar-refractivity contribution is 0.304. The molecule has 0 fully saturated rings. The van der Waals surface area contributed by atoms with E-state index in [-0.39, 0.29) is 5.82 Å². The van der Waals surface area contributed by atoms with E-state index in [2.05, 4.69) is 5.32 Å². The fourth-order valence-electron chi connectivity index (χ4n) is 2.01. The van der Waals surface area contributed by atoms with Crippen molar-refractivity contribution in [3.05, 3.63) is 63.9 Å². The highest BCUT2D eigenvalue weighted by Gasteiger charge is 2.05. The summed E-state index contributed by atoms with van der Waals surface area (Å²) < 4.78 is 19.2. The molecule has 0 radical (unpaired) electrons. The Hall–Kier alpha value is -1.58. The molecule has 0 aliphatic heterocycles. The van der Waals surface area contributed by atoms with Crippen molar-refractivity contribution in [2.75, 3.05) is 6.54 Å². The van der Waals surface area contributed by atoms with Gasteiger partial charge in [0.15, 0.2) is 0 Å². The smallest absolute Gasteiger partial charge is 0.127 e. The van der Waals surface area contributed by atoms with Crippen LogP contribution in [0.3, 0.4) is 0 Å². The Labute approximate surface area is 129 Å². The zero-order chi connectivity index (χ0) is 15.2. The molecular formula is C17H19ClFNO. The molecule has 0 unspecified atom stereocenters. The third-order valence-corrected chi connectivity index (χ3v) is 3.46. The molecule has 0 aromatic heterocycles. The van der Waals surface area contributed by atoms with Crippen molar-refractivity contribution in [2.45, 2.75) is 27.0 Å². The second kappa shape index (κ2) is 7.43. The first-order valence-corrected chi connectivity index (χ1v) is 7.34. The van der Waals surface area contributed by atoms with Crippen LogP contribution in [0.25, 0.3) is 0 Å². The number of rotatable bonds is 6. The van der Waals surface area contributed by atoms with Gasteiger partial charge in [-0.1, -0.05) is 30.7 Å². The van der Waals surface area contributed by atoms with Crippen molar-refractivity contribution in [3.63, 3.8) is 0 Å². The number of ether oxygens (including phenoxy) is 1. The number of halogens is 2. The third kappa shape index (κ3) is 4.73. The minimum atomic E-state index is -0.296. The average Bonchev–Trinajstić information content (AvgIpc) is 2.43. The Bertz CT molecular complexity index is 616. The van der Waals surface area contributed by atoms with Crippen LogP contribution >= 0.6 is 11.6 Å². The standard InChI is InChI=1S/C17H19ClFNO/c1-3-20-10-13-7-15(19)9-16(8-13)21-11-14-5-4-12(2)6-17(14)18/h4-9,20H,3,10-11H2,1-2H3. The Morgan fingerprint density at radius 3 is 2.71 bits per heavy atom. The van der Waals surface area contributed by atoms with Crippen molar-refractivity contribution in [3.8, 4) is 5.75 Å². The topological polar surface area (TPSA) is 21.3 Å². The average molecular weight is 308 g/mol. The van der Waals surface area contributed by atoms with Gasteiger partial charge in [-0.25, -0.2) is 4.39 Å². The largest absolute Gasteiger partial charge is 0.489 e. The third-order valence-electron chi connectivity index (χ3n) is 3.11. The zero-order valence-corrected chi connectivity index (χ0v) is 13.0. The minimum absolute atomic E-state index is 0.296. The first-order valence-electron chi connectivity index (χ1n) is 6.96. The summed E-state index contributed by atoms with van der Waals surface area (Å²) >= 11 is 6.16. The molecule has 0 aliphatic rings. The molecule has 112 valence electrons. The van der Waals surface area contributed by atoms with E-state index in [1.54, 1.807) is 0 Å². The van der Waals surface area contributed by atoms with Crippen LogP contribution in [0, 0.1) is 12.7 Å². The zero-order valence-electron chi connectivity index (χ0n) is 12.2. The summed E-state index contributed by atoms with van der Waals surface area (Å²) in [6.45, 7) is 5.77. The van der Waals surface area contributed by atoms with E-state index in [0.717, 1.165) is 23.2 Å². The van der Waals surface area contributed by atoms with Gasteiger partial charge in [-0.3, -0.25) is 0 Å². The molecule has 0 aliphatic carbocycles. The van der Waals surface area contributed by atoms with Gasteiger partial charge in [-0.15, -0.1) is 0 Å². The van der Waals surface area contributed by atoms with Crippen molar-refractivity contribution in [2.24, 2.45) is 0 Å². The lowest BCUT2D eigenvalue weighted by Gasteiger charge is -2.10. The summed E-state index contributed by atoms with van der Waals surface area (Å²) in [6, 6.07) is 10.5. The van der Waals surface area contributed by atoms with Crippen LogP contribution < -0.4 is 10.1 Å². The van der Waals surface area contributed by atoms with Gasteiger partial charge in [0.05, 0.1) is 0 Å². The SMILES string of the molecule is CCNCc1cc(F)cc(OCc2ccc(C)cc2Cl)c1. The fourth-order valence-corrected chi connectivity index (χ4v) is 2.30. The molecule has 2 aromatic rings. The molecule has 2 aromatic carbocycles. The first kappa shape index (κ1) is 15.8. The molecule has 0 bridgehead atoms. The van der Waals surface area contributed by atoms with Gasteiger partial charge in [0.25, 0.3) is 0 Å². The van der Waals surface area contributed by atoms with Gasteiger partial charge < -0.3 is 10.1 Å². The van der Waals surface area contributed by atoms with Crippen LogP contribution in [-0.2, 0) is 13.2 Å². The summed E-state index contributed by atoms with van der Waals surface area (Å²) in [5.74, 6) is 0.218. The van der Waals surface area contributed by atoms with Crippen LogP contribution in [0.2, 0.25) is 5.02 Å². The number of hydrogen-bond acceptors (Lipinski definition) is 2. The highest BCUT2D eigenvalue weighted by Crippen LogP contribution is 2.22. The molecule has 21 heavy (non-hydrogen) atoms. The van der Waals surface area contributed by atoms with Gasteiger partial charge in [0, 0.05) is 23.2 Å². The van der Waals surface area contributed by atoms with E-state index in [1.807, 2.05) is 38.1 Å². The molecule has 2 rings (SSSR count). The Kier molecular flexibility index (Phi) is 5.59.